The van der Waals surface area contributed by atoms with Gasteiger partial charge in [-0.2, -0.15) is 0 Å². The molecule has 21 heavy (non-hydrogen) atoms. The molecule has 0 amide bonds. The highest BCUT2D eigenvalue weighted by molar-refractivity contribution is 7.89. The Morgan fingerprint density at radius 1 is 1.10 bits per heavy atom. The molecule has 118 valence electrons. The van der Waals surface area contributed by atoms with E-state index >= 15 is 0 Å². The van der Waals surface area contributed by atoms with Crippen LogP contribution in [-0.4, -0.2) is 39.5 Å². The van der Waals surface area contributed by atoms with E-state index in [-0.39, 0.29) is 5.41 Å². The van der Waals surface area contributed by atoms with Crippen molar-refractivity contribution in [2.24, 2.45) is 0 Å². The van der Waals surface area contributed by atoms with Gasteiger partial charge in [-0.15, -0.1) is 0 Å². The summed E-state index contributed by atoms with van der Waals surface area (Å²) in [6.07, 6.45) is 2.45. The van der Waals surface area contributed by atoms with Gasteiger partial charge in [0.05, 0.1) is 4.90 Å². The van der Waals surface area contributed by atoms with Crippen molar-refractivity contribution in [1.82, 2.24) is 9.62 Å². The Labute approximate surface area is 128 Å². The van der Waals surface area contributed by atoms with E-state index in [0.29, 0.717) is 11.4 Å². The summed E-state index contributed by atoms with van der Waals surface area (Å²) < 4.78 is 27.2. The van der Waals surface area contributed by atoms with Gasteiger partial charge in [0.25, 0.3) is 0 Å². The van der Waals surface area contributed by atoms with Crippen LogP contribution in [0.5, 0.6) is 0 Å². The number of nitrogens with zero attached hydrogens (tertiary/aromatic N) is 1. The molecule has 1 aliphatic rings. The zero-order valence-corrected chi connectivity index (χ0v) is 14.0. The van der Waals surface area contributed by atoms with Gasteiger partial charge in [-0.05, 0) is 49.0 Å². The summed E-state index contributed by atoms with van der Waals surface area (Å²) >= 11 is 0. The second kappa shape index (κ2) is 6.46. The van der Waals surface area contributed by atoms with Gasteiger partial charge in [0.2, 0.25) is 10.0 Å². The summed E-state index contributed by atoms with van der Waals surface area (Å²) in [6, 6.07) is 7.18. The average molecular weight is 310 g/mol. The minimum atomic E-state index is -3.39. The van der Waals surface area contributed by atoms with Crippen LogP contribution in [0.2, 0.25) is 0 Å². The van der Waals surface area contributed by atoms with Crippen LogP contribution in [0.3, 0.4) is 0 Å². The Kier molecular flexibility index (Phi) is 5.07. The van der Waals surface area contributed by atoms with Crippen LogP contribution in [0.25, 0.3) is 0 Å². The van der Waals surface area contributed by atoms with E-state index in [1.165, 1.54) is 12.8 Å². The third-order valence-electron chi connectivity index (χ3n) is 3.95. The number of likely N-dealkylation sites (tertiary alicyclic amines) is 1. The maximum absolute atomic E-state index is 12.2. The summed E-state index contributed by atoms with van der Waals surface area (Å²) in [5.74, 6) is 0. The fourth-order valence-corrected chi connectivity index (χ4v) is 3.58. The standard InChI is InChI=1S/C16H26N2O2S/c1-16(2,3)14-6-8-15(9-7-14)21(19,20)17-10-13-18-11-4-5-12-18/h6-9,17H,4-5,10-13H2,1-3H3. The monoisotopic (exact) mass is 310 g/mol. The van der Waals surface area contributed by atoms with Crippen molar-refractivity contribution < 1.29 is 8.42 Å². The second-order valence-corrected chi connectivity index (χ2v) is 8.49. The largest absolute Gasteiger partial charge is 0.302 e. The van der Waals surface area contributed by atoms with Gasteiger partial charge in [-0.1, -0.05) is 32.9 Å². The average Bonchev–Trinajstić information content (AvgIpc) is 2.91. The van der Waals surface area contributed by atoms with Crippen molar-refractivity contribution in [2.75, 3.05) is 26.2 Å². The normalized spacial score (nSPS) is 17.3. The Bertz CT molecular complexity index is 553. The summed E-state index contributed by atoms with van der Waals surface area (Å²) in [5.41, 5.74) is 1.17. The number of hydrogen-bond acceptors (Lipinski definition) is 3. The molecule has 0 bridgehead atoms. The molecule has 0 aromatic heterocycles. The Morgan fingerprint density at radius 3 is 2.19 bits per heavy atom. The van der Waals surface area contributed by atoms with Crippen LogP contribution in [0.1, 0.15) is 39.2 Å². The Morgan fingerprint density at radius 2 is 1.67 bits per heavy atom. The number of rotatable bonds is 5. The molecule has 0 unspecified atom stereocenters. The molecule has 5 heteroatoms. The SMILES string of the molecule is CC(C)(C)c1ccc(S(=O)(=O)NCCN2CCCC2)cc1. The van der Waals surface area contributed by atoms with Gasteiger partial charge in [0, 0.05) is 13.1 Å². The lowest BCUT2D eigenvalue weighted by molar-refractivity contribution is 0.344. The molecule has 0 aliphatic carbocycles. The maximum atomic E-state index is 12.2. The lowest BCUT2D eigenvalue weighted by Crippen LogP contribution is -2.33. The minimum Gasteiger partial charge on any atom is -0.302 e. The van der Waals surface area contributed by atoms with Gasteiger partial charge in [0.15, 0.2) is 0 Å². The molecule has 2 rings (SSSR count). The zero-order valence-electron chi connectivity index (χ0n) is 13.2. The third kappa shape index (κ3) is 4.53. The fraction of sp³-hybridized carbons (Fsp3) is 0.625. The van der Waals surface area contributed by atoms with Crippen molar-refractivity contribution in [3.63, 3.8) is 0 Å². The van der Waals surface area contributed by atoms with Crippen LogP contribution >= 0.6 is 0 Å². The van der Waals surface area contributed by atoms with Gasteiger partial charge in [-0.25, -0.2) is 13.1 Å². The molecule has 1 heterocycles. The van der Waals surface area contributed by atoms with Crippen LogP contribution in [-0.2, 0) is 15.4 Å². The summed E-state index contributed by atoms with van der Waals surface area (Å²) in [4.78, 5) is 2.64. The molecule has 1 aromatic carbocycles. The Balaban J connectivity index is 1.95. The molecule has 1 aliphatic heterocycles. The van der Waals surface area contributed by atoms with E-state index < -0.39 is 10.0 Å². The molecule has 0 atom stereocenters. The van der Waals surface area contributed by atoms with Crippen LogP contribution in [0.4, 0.5) is 0 Å². The van der Waals surface area contributed by atoms with Crippen LogP contribution in [0, 0.1) is 0 Å². The van der Waals surface area contributed by atoms with Crippen molar-refractivity contribution in [3.05, 3.63) is 29.8 Å². The number of sulfonamides is 1. The van der Waals surface area contributed by atoms with E-state index in [1.807, 2.05) is 12.1 Å². The molecular weight excluding hydrogens is 284 g/mol. The van der Waals surface area contributed by atoms with Gasteiger partial charge >= 0.3 is 0 Å². The summed E-state index contributed by atoms with van der Waals surface area (Å²) in [5, 5.41) is 0. The maximum Gasteiger partial charge on any atom is 0.240 e. The highest BCUT2D eigenvalue weighted by Gasteiger charge is 2.18. The van der Waals surface area contributed by atoms with Crippen molar-refractivity contribution in [2.45, 2.75) is 43.9 Å². The predicted molar refractivity (Wildman–Crippen MR) is 86.0 cm³/mol. The smallest absolute Gasteiger partial charge is 0.240 e. The highest BCUT2D eigenvalue weighted by Crippen LogP contribution is 2.23. The first-order valence-electron chi connectivity index (χ1n) is 7.62. The first-order valence-corrected chi connectivity index (χ1v) is 9.10. The van der Waals surface area contributed by atoms with Gasteiger partial charge < -0.3 is 4.90 Å². The highest BCUT2D eigenvalue weighted by atomic mass is 32.2. The zero-order chi connectivity index (χ0) is 15.5. The lowest BCUT2D eigenvalue weighted by Gasteiger charge is -2.19. The molecule has 1 fully saturated rings. The molecular formula is C16H26N2O2S. The van der Waals surface area contributed by atoms with Crippen molar-refractivity contribution in [1.29, 1.82) is 0 Å². The van der Waals surface area contributed by atoms with E-state index in [2.05, 4.69) is 30.4 Å². The number of nitrogens with one attached hydrogen (secondary N) is 1. The van der Waals surface area contributed by atoms with Crippen LogP contribution < -0.4 is 4.72 Å². The molecule has 1 aromatic rings. The minimum absolute atomic E-state index is 0.0332. The van der Waals surface area contributed by atoms with Crippen molar-refractivity contribution >= 4 is 10.0 Å². The van der Waals surface area contributed by atoms with E-state index in [9.17, 15) is 8.42 Å². The molecule has 4 nitrogen and oxygen atoms in total. The second-order valence-electron chi connectivity index (χ2n) is 6.72. The molecule has 0 saturated carbocycles. The summed E-state index contributed by atoms with van der Waals surface area (Å²) in [6.45, 7) is 9.78. The summed E-state index contributed by atoms with van der Waals surface area (Å²) in [7, 11) is -3.39. The number of hydrogen-bond donors (Lipinski definition) is 1. The first-order chi connectivity index (χ1) is 9.79. The first kappa shape index (κ1) is 16.5. The number of benzene rings is 1. The van der Waals surface area contributed by atoms with Gasteiger partial charge in [-0.3, -0.25) is 0 Å². The molecule has 1 N–H and O–H groups in total. The van der Waals surface area contributed by atoms with Crippen molar-refractivity contribution in [3.8, 4) is 0 Å². The van der Waals surface area contributed by atoms with Gasteiger partial charge in [0.1, 0.15) is 0 Å². The van der Waals surface area contributed by atoms with E-state index in [4.69, 9.17) is 0 Å². The van der Waals surface area contributed by atoms with E-state index in [0.717, 1.165) is 25.2 Å². The Hall–Kier alpha value is -0.910. The molecule has 1 saturated heterocycles. The predicted octanol–water partition coefficient (Wildman–Crippen LogP) is 2.36. The van der Waals surface area contributed by atoms with Crippen LogP contribution in [0.15, 0.2) is 29.2 Å². The quantitative estimate of drug-likeness (QED) is 0.908. The third-order valence-corrected chi connectivity index (χ3v) is 5.43. The van der Waals surface area contributed by atoms with E-state index in [1.54, 1.807) is 12.1 Å². The lowest BCUT2D eigenvalue weighted by atomic mass is 9.87. The molecule has 0 radical (unpaired) electrons. The molecule has 0 spiro atoms. The topological polar surface area (TPSA) is 49.4 Å². The fourth-order valence-electron chi connectivity index (χ4n) is 2.56.